The fourth-order valence-corrected chi connectivity index (χ4v) is 3.11. The zero-order valence-corrected chi connectivity index (χ0v) is 16.7. The van der Waals surface area contributed by atoms with E-state index in [0.717, 1.165) is 17.0 Å². The first-order valence-corrected chi connectivity index (χ1v) is 9.08. The smallest absolute Gasteiger partial charge is 0.255 e. The summed E-state index contributed by atoms with van der Waals surface area (Å²) in [6.07, 6.45) is 0. The molecule has 1 amide bonds. The second-order valence-electron chi connectivity index (χ2n) is 6.14. The molecule has 140 valence electrons. The zero-order valence-electron chi connectivity index (χ0n) is 15.2. The maximum absolute atomic E-state index is 12.6. The van der Waals surface area contributed by atoms with E-state index in [-0.39, 0.29) is 5.91 Å². The third kappa shape index (κ3) is 4.26. The van der Waals surface area contributed by atoms with Crippen molar-refractivity contribution < 1.29 is 9.53 Å². The van der Waals surface area contributed by atoms with E-state index in [1.165, 1.54) is 0 Å². The number of aryl methyl sites for hydroxylation is 1. The third-order valence-electron chi connectivity index (χ3n) is 4.27. The van der Waals surface area contributed by atoms with Gasteiger partial charge in [-0.3, -0.25) is 9.48 Å². The monoisotopic (exact) mass is 403 g/mol. The molecule has 0 radical (unpaired) electrons. The summed E-state index contributed by atoms with van der Waals surface area (Å²) in [5, 5.41) is 8.50. The molecule has 7 heteroatoms. The second kappa shape index (κ2) is 8.03. The van der Waals surface area contributed by atoms with E-state index in [2.05, 4.69) is 10.4 Å². The molecule has 1 N–H and O–H groups in total. The van der Waals surface area contributed by atoms with Gasteiger partial charge in [-0.1, -0.05) is 35.3 Å². The highest BCUT2D eigenvalue weighted by molar-refractivity contribution is 6.42. The van der Waals surface area contributed by atoms with Crippen LogP contribution in [0.3, 0.4) is 0 Å². The van der Waals surface area contributed by atoms with Crippen molar-refractivity contribution in [1.82, 2.24) is 9.78 Å². The number of carbonyl (C=O) groups is 1. The number of rotatable bonds is 5. The van der Waals surface area contributed by atoms with E-state index in [4.69, 9.17) is 27.9 Å². The highest BCUT2D eigenvalue weighted by Gasteiger charge is 2.16. The number of benzene rings is 2. The van der Waals surface area contributed by atoms with E-state index >= 15 is 0 Å². The normalized spacial score (nSPS) is 10.7. The Morgan fingerprint density at radius 2 is 1.93 bits per heavy atom. The van der Waals surface area contributed by atoms with Gasteiger partial charge in [-0.2, -0.15) is 5.10 Å². The first-order chi connectivity index (χ1) is 12.9. The number of anilines is 1. The van der Waals surface area contributed by atoms with E-state index in [0.29, 0.717) is 33.6 Å². The minimum atomic E-state index is -0.214. The molecule has 27 heavy (non-hydrogen) atoms. The van der Waals surface area contributed by atoms with Crippen molar-refractivity contribution in [2.24, 2.45) is 0 Å². The number of halogens is 2. The summed E-state index contributed by atoms with van der Waals surface area (Å²) in [6.45, 7) is 4.30. The number of carbonyl (C=O) groups excluding carboxylic acids is 1. The fourth-order valence-electron chi connectivity index (χ4n) is 2.79. The predicted octanol–water partition coefficient (Wildman–Crippen LogP) is 5.12. The van der Waals surface area contributed by atoms with Crippen LogP contribution in [0, 0.1) is 13.8 Å². The molecule has 0 fully saturated rings. The fraction of sp³-hybridized carbons (Fsp3) is 0.200. The summed E-state index contributed by atoms with van der Waals surface area (Å²) in [4.78, 5) is 12.6. The highest BCUT2D eigenvalue weighted by atomic mass is 35.5. The van der Waals surface area contributed by atoms with Gasteiger partial charge in [0.15, 0.2) is 0 Å². The van der Waals surface area contributed by atoms with Crippen molar-refractivity contribution in [1.29, 1.82) is 0 Å². The Hall–Kier alpha value is -2.50. The van der Waals surface area contributed by atoms with Gasteiger partial charge in [-0.25, -0.2) is 0 Å². The summed E-state index contributed by atoms with van der Waals surface area (Å²) >= 11 is 12.1. The van der Waals surface area contributed by atoms with Crippen molar-refractivity contribution in [2.75, 3.05) is 12.4 Å². The Bertz CT molecular complexity index is 999. The summed E-state index contributed by atoms with van der Waals surface area (Å²) in [6, 6.07) is 12.5. The zero-order chi connectivity index (χ0) is 19.6. The summed E-state index contributed by atoms with van der Waals surface area (Å²) in [7, 11) is 1.57. The van der Waals surface area contributed by atoms with Crippen molar-refractivity contribution in [2.45, 2.75) is 20.4 Å². The van der Waals surface area contributed by atoms with Crippen molar-refractivity contribution in [3.8, 4) is 5.75 Å². The lowest BCUT2D eigenvalue weighted by molar-refractivity contribution is 0.102. The molecular formula is C20H19Cl2N3O2. The molecule has 5 nitrogen and oxygen atoms in total. The summed E-state index contributed by atoms with van der Waals surface area (Å²) in [5.41, 5.74) is 3.78. The SMILES string of the molecule is COc1cccc(C(=O)Nc2c(C)nn(Cc3ccc(Cl)c(Cl)c3)c2C)c1. The van der Waals surface area contributed by atoms with Gasteiger partial charge in [0.2, 0.25) is 0 Å². The molecule has 0 aliphatic rings. The minimum absolute atomic E-state index is 0.214. The summed E-state index contributed by atoms with van der Waals surface area (Å²) < 4.78 is 7.00. The molecule has 1 heterocycles. The summed E-state index contributed by atoms with van der Waals surface area (Å²) in [5.74, 6) is 0.417. The van der Waals surface area contributed by atoms with Crippen LogP contribution in [0.25, 0.3) is 0 Å². The molecule has 0 spiro atoms. The van der Waals surface area contributed by atoms with Crippen molar-refractivity contribution in [3.05, 3.63) is 75.0 Å². The van der Waals surface area contributed by atoms with Gasteiger partial charge in [0.05, 0.1) is 40.8 Å². The molecule has 0 saturated heterocycles. The Morgan fingerprint density at radius 3 is 2.63 bits per heavy atom. The maximum Gasteiger partial charge on any atom is 0.255 e. The van der Waals surface area contributed by atoms with Crippen LogP contribution in [0.1, 0.15) is 27.3 Å². The van der Waals surface area contributed by atoms with Gasteiger partial charge in [0.25, 0.3) is 5.91 Å². The Morgan fingerprint density at radius 1 is 1.15 bits per heavy atom. The van der Waals surface area contributed by atoms with Gasteiger partial charge >= 0.3 is 0 Å². The number of nitrogens with zero attached hydrogens (tertiary/aromatic N) is 2. The molecule has 0 atom stereocenters. The standard InChI is InChI=1S/C20H19Cl2N3O2/c1-12-19(23-20(26)15-5-4-6-16(10-15)27-3)13(2)25(24-12)11-14-7-8-17(21)18(22)9-14/h4-10H,11H2,1-3H3,(H,23,26). The second-order valence-corrected chi connectivity index (χ2v) is 6.95. The lowest BCUT2D eigenvalue weighted by Gasteiger charge is -2.09. The number of methoxy groups -OCH3 is 1. The van der Waals surface area contributed by atoms with Crippen molar-refractivity contribution >= 4 is 34.8 Å². The number of hydrogen-bond acceptors (Lipinski definition) is 3. The number of ether oxygens (including phenoxy) is 1. The van der Waals surface area contributed by atoms with Crippen LogP contribution < -0.4 is 10.1 Å². The lowest BCUT2D eigenvalue weighted by Crippen LogP contribution is -2.13. The number of hydrogen-bond donors (Lipinski definition) is 1. The molecular weight excluding hydrogens is 385 g/mol. The number of aromatic nitrogens is 2. The van der Waals surface area contributed by atoms with Crippen molar-refractivity contribution in [3.63, 3.8) is 0 Å². The van der Waals surface area contributed by atoms with E-state index in [9.17, 15) is 4.79 Å². The van der Waals surface area contributed by atoms with E-state index in [1.807, 2.05) is 30.7 Å². The lowest BCUT2D eigenvalue weighted by atomic mass is 10.2. The topological polar surface area (TPSA) is 56.1 Å². The van der Waals surface area contributed by atoms with Gasteiger partial charge < -0.3 is 10.1 Å². The van der Waals surface area contributed by atoms with Crippen LogP contribution in [0.15, 0.2) is 42.5 Å². The van der Waals surface area contributed by atoms with Crippen LogP contribution in [0.4, 0.5) is 5.69 Å². The Labute approximate surface area is 167 Å². The number of nitrogens with one attached hydrogen (secondary N) is 1. The average molecular weight is 404 g/mol. The van der Waals surface area contributed by atoms with Crippen LogP contribution in [0.2, 0.25) is 10.0 Å². The van der Waals surface area contributed by atoms with E-state index < -0.39 is 0 Å². The molecule has 2 aromatic carbocycles. The largest absolute Gasteiger partial charge is 0.497 e. The Balaban J connectivity index is 1.82. The minimum Gasteiger partial charge on any atom is -0.497 e. The molecule has 0 aliphatic heterocycles. The molecule has 0 unspecified atom stereocenters. The molecule has 1 aromatic heterocycles. The number of amides is 1. The predicted molar refractivity (Wildman–Crippen MR) is 108 cm³/mol. The van der Waals surface area contributed by atoms with Gasteiger partial charge in [-0.05, 0) is 49.7 Å². The average Bonchev–Trinajstić information content (AvgIpc) is 2.92. The van der Waals surface area contributed by atoms with Gasteiger partial charge in [0.1, 0.15) is 5.75 Å². The van der Waals surface area contributed by atoms with Gasteiger partial charge in [0, 0.05) is 5.56 Å². The van der Waals surface area contributed by atoms with Crippen LogP contribution in [0.5, 0.6) is 5.75 Å². The van der Waals surface area contributed by atoms with Gasteiger partial charge in [-0.15, -0.1) is 0 Å². The van der Waals surface area contributed by atoms with Crippen LogP contribution in [-0.4, -0.2) is 22.8 Å². The maximum atomic E-state index is 12.6. The van der Waals surface area contributed by atoms with Crippen LogP contribution in [-0.2, 0) is 6.54 Å². The molecule has 3 rings (SSSR count). The molecule has 0 bridgehead atoms. The molecule has 3 aromatic rings. The van der Waals surface area contributed by atoms with E-state index in [1.54, 1.807) is 37.4 Å². The van der Waals surface area contributed by atoms with Crippen LogP contribution >= 0.6 is 23.2 Å². The molecule has 0 saturated carbocycles. The highest BCUT2D eigenvalue weighted by Crippen LogP contribution is 2.25. The Kier molecular flexibility index (Phi) is 5.73. The third-order valence-corrected chi connectivity index (χ3v) is 5.01. The quantitative estimate of drug-likeness (QED) is 0.643. The first-order valence-electron chi connectivity index (χ1n) is 8.32. The first kappa shape index (κ1) is 19.3. The molecule has 0 aliphatic carbocycles.